The smallest absolute Gasteiger partial charge is 0.326 e. The number of amides is 2. The van der Waals surface area contributed by atoms with E-state index in [0.717, 1.165) is 44.9 Å². The fourth-order valence-electron chi connectivity index (χ4n) is 3.60. The van der Waals surface area contributed by atoms with Crippen molar-refractivity contribution in [2.24, 2.45) is 0 Å². The Morgan fingerprint density at radius 1 is 0.636 bits per heavy atom. The van der Waals surface area contributed by atoms with Gasteiger partial charge in [-0.1, -0.05) is 86.8 Å². The number of rotatable bonds is 23. The first-order valence-electron chi connectivity index (χ1n) is 12.4. The van der Waals surface area contributed by atoms with E-state index in [2.05, 4.69) is 10.6 Å². The number of carbonyl (C=O) groups is 4. The summed E-state index contributed by atoms with van der Waals surface area (Å²) in [5.41, 5.74) is 0. The van der Waals surface area contributed by atoms with Crippen LogP contribution in [-0.2, 0) is 19.2 Å². The van der Waals surface area contributed by atoms with Crippen LogP contribution in [0.4, 0.5) is 0 Å². The van der Waals surface area contributed by atoms with E-state index >= 15 is 0 Å². The minimum absolute atomic E-state index is 0.0274. The summed E-state index contributed by atoms with van der Waals surface area (Å²) in [4.78, 5) is 45.0. The van der Waals surface area contributed by atoms with Gasteiger partial charge in [-0.3, -0.25) is 14.4 Å². The fraction of sp³-hybridized carbons (Fsp3) is 0.833. The summed E-state index contributed by atoms with van der Waals surface area (Å²) < 4.78 is 0.407. The molecular weight excluding hydrogens is 539 g/mol. The Morgan fingerprint density at radius 2 is 1.12 bits per heavy atom. The summed E-state index contributed by atoms with van der Waals surface area (Å²) in [6.45, 7) is 0.525. The summed E-state index contributed by atoms with van der Waals surface area (Å²) in [7, 11) is 0. The molecule has 1 atom stereocenters. The highest BCUT2D eigenvalue weighted by molar-refractivity contribution is 14.1. The molecule has 1 unspecified atom stereocenters. The van der Waals surface area contributed by atoms with Gasteiger partial charge in [0.05, 0.1) is 4.43 Å². The summed E-state index contributed by atoms with van der Waals surface area (Å²) in [5, 5.41) is 23.3. The Bertz CT molecular complexity index is 559. The highest BCUT2D eigenvalue weighted by atomic mass is 127. The quantitative estimate of drug-likeness (QED) is 0.0776. The Kier molecular flexibility index (Phi) is 21.5. The van der Waals surface area contributed by atoms with E-state index in [4.69, 9.17) is 5.11 Å². The Balaban J connectivity index is 3.58. The molecule has 0 fully saturated rings. The number of carbonyl (C=O) groups excluding carboxylic acids is 2. The number of unbranched alkanes of at least 4 members (excludes halogenated alkanes) is 12. The van der Waals surface area contributed by atoms with Crippen LogP contribution in [-0.4, -0.2) is 51.0 Å². The lowest BCUT2D eigenvalue weighted by Crippen LogP contribution is -2.40. The standard InChI is InChI=1S/C24H43IN2O6/c25-19-22(29)26-18-14-13-15-20(24(32)33)27-21(28)16-11-9-7-5-3-1-2-4-6-8-10-12-17-23(30)31/h20H,1-19H2,(H,26,29)(H,27,28)(H,30,31)(H,32,33). The van der Waals surface area contributed by atoms with E-state index < -0.39 is 18.0 Å². The lowest BCUT2D eigenvalue weighted by Gasteiger charge is -2.14. The third-order valence-corrected chi connectivity index (χ3v) is 6.23. The van der Waals surface area contributed by atoms with Gasteiger partial charge in [0.25, 0.3) is 0 Å². The normalized spacial score (nSPS) is 11.7. The predicted molar refractivity (Wildman–Crippen MR) is 138 cm³/mol. The van der Waals surface area contributed by atoms with E-state index in [9.17, 15) is 24.3 Å². The fourth-order valence-corrected chi connectivity index (χ4v) is 3.87. The molecule has 0 bridgehead atoms. The number of halogens is 1. The number of hydrogen-bond acceptors (Lipinski definition) is 4. The van der Waals surface area contributed by atoms with Gasteiger partial charge in [0, 0.05) is 19.4 Å². The number of alkyl halides is 1. The van der Waals surface area contributed by atoms with Gasteiger partial charge in [-0.05, 0) is 32.1 Å². The third-order valence-electron chi connectivity index (χ3n) is 5.54. The van der Waals surface area contributed by atoms with Crippen LogP contribution in [0, 0.1) is 0 Å². The Labute approximate surface area is 212 Å². The van der Waals surface area contributed by atoms with Crippen LogP contribution in [0.5, 0.6) is 0 Å². The molecule has 0 aliphatic carbocycles. The number of carboxylic acid groups (broad SMARTS) is 2. The number of hydrogen-bond donors (Lipinski definition) is 4. The molecule has 0 rings (SSSR count). The van der Waals surface area contributed by atoms with Crippen molar-refractivity contribution in [1.29, 1.82) is 0 Å². The van der Waals surface area contributed by atoms with E-state index in [-0.39, 0.29) is 18.2 Å². The molecule has 8 nitrogen and oxygen atoms in total. The summed E-state index contributed by atoms with van der Waals surface area (Å²) >= 11 is 1.99. The van der Waals surface area contributed by atoms with Crippen LogP contribution in [0.15, 0.2) is 0 Å². The summed E-state index contributed by atoms with van der Waals surface area (Å²) in [6.07, 6.45) is 15.3. The predicted octanol–water partition coefficient (Wildman–Crippen LogP) is 4.82. The van der Waals surface area contributed by atoms with Gasteiger partial charge in [0.1, 0.15) is 6.04 Å². The second kappa shape index (κ2) is 22.4. The number of nitrogens with one attached hydrogen (secondary N) is 2. The molecule has 4 N–H and O–H groups in total. The molecule has 0 saturated carbocycles. The molecule has 0 radical (unpaired) electrons. The molecule has 192 valence electrons. The van der Waals surface area contributed by atoms with Gasteiger partial charge < -0.3 is 20.8 Å². The second-order valence-electron chi connectivity index (χ2n) is 8.57. The maximum absolute atomic E-state index is 12.0. The molecule has 2 amide bonds. The zero-order valence-corrected chi connectivity index (χ0v) is 22.1. The Morgan fingerprint density at radius 3 is 1.58 bits per heavy atom. The first kappa shape index (κ1) is 31.6. The minimum Gasteiger partial charge on any atom is -0.481 e. The lowest BCUT2D eigenvalue weighted by atomic mass is 10.0. The van der Waals surface area contributed by atoms with Crippen molar-refractivity contribution < 1.29 is 29.4 Å². The zero-order valence-electron chi connectivity index (χ0n) is 19.9. The van der Waals surface area contributed by atoms with Crippen LogP contribution in [0.2, 0.25) is 0 Å². The van der Waals surface area contributed by atoms with Crippen LogP contribution in [0.25, 0.3) is 0 Å². The maximum atomic E-state index is 12.0. The van der Waals surface area contributed by atoms with Gasteiger partial charge in [0.2, 0.25) is 11.8 Å². The van der Waals surface area contributed by atoms with Gasteiger partial charge >= 0.3 is 11.9 Å². The van der Waals surface area contributed by atoms with E-state index in [1.54, 1.807) is 0 Å². The third kappa shape index (κ3) is 22.2. The molecule has 9 heteroatoms. The summed E-state index contributed by atoms with van der Waals surface area (Å²) in [5.74, 6) is -1.95. The highest BCUT2D eigenvalue weighted by Crippen LogP contribution is 2.13. The highest BCUT2D eigenvalue weighted by Gasteiger charge is 2.19. The van der Waals surface area contributed by atoms with Crippen molar-refractivity contribution in [2.75, 3.05) is 11.0 Å². The molecular formula is C24H43IN2O6. The van der Waals surface area contributed by atoms with Crippen LogP contribution < -0.4 is 10.6 Å². The van der Waals surface area contributed by atoms with Crippen molar-refractivity contribution in [1.82, 2.24) is 10.6 Å². The molecule has 0 aromatic rings. The van der Waals surface area contributed by atoms with Crippen molar-refractivity contribution in [3.63, 3.8) is 0 Å². The van der Waals surface area contributed by atoms with E-state index in [0.29, 0.717) is 36.7 Å². The largest absolute Gasteiger partial charge is 0.481 e. The van der Waals surface area contributed by atoms with E-state index in [1.807, 2.05) is 22.6 Å². The first-order valence-corrected chi connectivity index (χ1v) is 14.0. The first-order chi connectivity index (χ1) is 15.9. The number of aliphatic carboxylic acids is 2. The average molecular weight is 583 g/mol. The molecule has 0 spiro atoms. The molecule has 0 heterocycles. The van der Waals surface area contributed by atoms with Crippen molar-refractivity contribution in [3.05, 3.63) is 0 Å². The maximum Gasteiger partial charge on any atom is 0.326 e. The van der Waals surface area contributed by atoms with Crippen molar-refractivity contribution >= 4 is 46.3 Å². The summed E-state index contributed by atoms with van der Waals surface area (Å²) in [6, 6.07) is -0.866. The molecule has 0 aromatic carbocycles. The van der Waals surface area contributed by atoms with Gasteiger partial charge in [-0.2, -0.15) is 0 Å². The van der Waals surface area contributed by atoms with E-state index in [1.165, 1.54) is 32.1 Å². The van der Waals surface area contributed by atoms with Gasteiger partial charge in [0.15, 0.2) is 0 Å². The minimum atomic E-state index is -1.01. The Hall–Kier alpha value is -1.39. The molecule has 0 aliphatic heterocycles. The molecule has 0 aliphatic rings. The molecule has 0 saturated heterocycles. The molecule has 0 aromatic heterocycles. The van der Waals surface area contributed by atoms with Gasteiger partial charge in [-0.15, -0.1) is 0 Å². The molecule has 33 heavy (non-hydrogen) atoms. The second-order valence-corrected chi connectivity index (χ2v) is 9.34. The topological polar surface area (TPSA) is 133 Å². The van der Waals surface area contributed by atoms with Gasteiger partial charge in [-0.25, -0.2) is 4.79 Å². The van der Waals surface area contributed by atoms with Crippen LogP contribution in [0.3, 0.4) is 0 Å². The average Bonchev–Trinajstić information content (AvgIpc) is 2.77. The number of carboxylic acids is 2. The van der Waals surface area contributed by atoms with Crippen LogP contribution >= 0.6 is 22.6 Å². The lowest BCUT2D eigenvalue weighted by molar-refractivity contribution is -0.142. The van der Waals surface area contributed by atoms with Crippen molar-refractivity contribution in [2.45, 2.75) is 115 Å². The monoisotopic (exact) mass is 582 g/mol. The van der Waals surface area contributed by atoms with Crippen LogP contribution in [0.1, 0.15) is 109 Å². The zero-order chi connectivity index (χ0) is 24.7. The SMILES string of the molecule is O=C(O)CCCCCCCCCCCCCCC(=O)NC(CCCCNC(=O)CI)C(=O)O. The van der Waals surface area contributed by atoms with Crippen molar-refractivity contribution in [3.8, 4) is 0 Å².